The molecule has 110 valence electrons. The number of ether oxygens (including phenoxy) is 3. The van der Waals surface area contributed by atoms with Crippen molar-refractivity contribution in [2.24, 2.45) is 5.73 Å². The molecule has 2 aromatic carbocycles. The summed E-state index contributed by atoms with van der Waals surface area (Å²) in [6.07, 6.45) is 0. The Labute approximate surface area is 127 Å². The average Bonchev–Trinajstić information content (AvgIpc) is 2.46. The molecule has 2 aromatic rings. The largest absolute Gasteiger partial charge is 0.496 e. The highest BCUT2D eigenvalue weighted by Crippen LogP contribution is 2.34. The minimum atomic E-state index is -0.162. The third-order valence-electron chi connectivity index (χ3n) is 2.80. The molecule has 0 radical (unpaired) electrons. The average molecular weight is 307 g/mol. The van der Waals surface area contributed by atoms with E-state index >= 15 is 0 Å². The highest BCUT2D eigenvalue weighted by atomic mass is 35.5. The number of methoxy groups -OCH3 is 2. The van der Waals surface area contributed by atoms with Crippen molar-refractivity contribution >= 4 is 17.4 Å². The highest BCUT2D eigenvalue weighted by molar-refractivity contribution is 6.34. The van der Waals surface area contributed by atoms with Gasteiger partial charge in [-0.1, -0.05) is 17.7 Å². The van der Waals surface area contributed by atoms with Gasteiger partial charge in [0.2, 0.25) is 0 Å². The Morgan fingerprint density at radius 2 is 1.62 bits per heavy atom. The first kappa shape index (κ1) is 15.0. The first-order chi connectivity index (χ1) is 10.0. The zero-order chi connectivity index (χ0) is 15.4. The van der Waals surface area contributed by atoms with Gasteiger partial charge in [-0.25, -0.2) is 0 Å². The quantitative estimate of drug-likeness (QED) is 0.655. The summed E-state index contributed by atoms with van der Waals surface area (Å²) in [6.45, 7) is 0. The normalized spacial score (nSPS) is 10.0. The SMILES string of the molecule is COc1cc(OC)cc(Oc2cccc(Cl)c2C(=N)N)c1. The van der Waals surface area contributed by atoms with Gasteiger partial charge in [-0.3, -0.25) is 5.41 Å². The number of rotatable bonds is 5. The van der Waals surface area contributed by atoms with Crippen molar-refractivity contribution < 1.29 is 14.2 Å². The lowest BCUT2D eigenvalue weighted by Crippen LogP contribution is -2.13. The molecule has 0 aliphatic heterocycles. The lowest BCUT2D eigenvalue weighted by atomic mass is 10.2. The van der Waals surface area contributed by atoms with E-state index < -0.39 is 0 Å². The van der Waals surface area contributed by atoms with Crippen molar-refractivity contribution in [1.29, 1.82) is 5.41 Å². The van der Waals surface area contributed by atoms with Crippen LogP contribution in [0.1, 0.15) is 5.56 Å². The second kappa shape index (κ2) is 6.37. The third kappa shape index (κ3) is 3.38. The Hall–Kier alpha value is -2.40. The maximum absolute atomic E-state index is 7.60. The summed E-state index contributed by atoms with van der Waals surface area (Å²) < 4.78 is 16.1. The van der Waals surface area contributed by atoms with Gasteiger partial charge in [0.25, 0.3) is 0 Å². The van der Waals surface area contributed by atoms with Crippen LogP contribution in [0.15, 0.2) is 36.4 Å². The molecule has 0 atom stereocenters. The standard InChI is InChI=1S/C15H15ClN2O3/c1-19-9-6-10(20-2)8-11(7-9)21-13-5-3-4-12(16)14(13)15(17)18/h3-8H,1-2H3,(H3,17,18). The van der Waals surface area contributed by atoms with Crippen LogP contribution in [0.3, 0.4) is 0 Å². The molecule has 0 heterocycles. The van der Waals surface area contributed by atoms with Gasteiger partial charge in [-0.05, 0) is 12.1 Å². The molecule has 0 aromatic heterocycles. The van der Waals surface area contributed by atoms with Crippen LogP contribution in [0.2, 0.25) is 5.02 Å². The van der Waals surface area contributed by atoms with Gasteiger partial charge in [0.05, 0.1) is 24.8 Å². The fraction of sp³-hybridized carbons (Fsp3) is 0.133. The van der Waals surface area contributed by atoms with E-state index in [2.05, 4.69) is 0 Å². The van der Waals surface area contributed by atoms with E-state index in [-0.39, 0.29) is 5.84 Å². The van der Waals surface area contributed by atoms with Gasteiger partial charge >= 0.3 is 0 Å². The van der Waals surface area contributed by atoms with Crippen molar-refractivity contribution in [3.63, 3.8) is 0 Å². The second-order valence-corrected chi connectivity index (χ2v) is 4.58. The summed E-state index contributed by atoms with van der Waals surface area (Å²) in [5, 5.41) is 7.96. The minimum absolute atomic E-state index is 0.162. The molecule has 6 heteroatoms. The topological polar surface area (TPSA) is 77.6 Å². The summed E-state index contributed by atoms with van der Waals surface area (Å²) in [5.74, 6) is 1.92. The second-order valence-electron chi connectivity index (χ2n) is 4.18. The Morgan fingerprint density at radius 3 is 2.14 bits per heavy atom. The molecule has 0 fully saturated rings. The van der Waals surface area contributed by atoms with E-state index in [0.29, 0.717) is 33.6 Å². The molecule has 5 nitrogen and oxygen atoms in total. The number of hydrogen-bond donors (Lipinski definition) is 2. The van der Waals surface area contributed by atoms with Gasteiger partial charge in [0.15, 0.2) is 0 Å². The van der Waals surface area contributed by atoms with E-state index in [1.807, 2.05) is 0 Å². The summed E-state index contributed by atoms with van der Waals surface area (Å²) in [6, 6.07) is 10.2. The van der Waals surface area contributed by atoms with Crippen molar-refractivity contribution in [1.82, 2.24) is 0 Å². The number of nitrogen functional groups attached to an aromatic ring is 1. The number of amidine groups is 1. The molecule has 0 spiro atoms. The first-order valence-corrected chi connectivity index (χ1v) is 6.46. The Morgan fingerprint density at radius 1 is 1.05 bits per heavy atom. The molecule has 21 heavy (non-hydrogen) atoms. The van der Waals surface area contributed by atoms with Gasteiger partial charge in [0, 0.05) is 18.2 Å². The molecule has 2 rings (SSSR count). The third-order valence-corrected chi connectivity index (χ3v) is 3.11. The van der Waals surface area contributed by atoms with Crippen LogP contribution in [0.5, 0.6) is 23.0 Å². The molecule has 0 aliphatic carbocycles. The number of nitrogens with two attached hydrogens (primary N) is 1. The molecule has 0 aliphatic rings. The lowest BCUT2D eigenvalue weighted by Gasteiger charge is -2.13. The van der Waals surface area contributed by atoms with Crippen LogP contribution in [0.4, 0.5) is 0 Å². The van der Waals surface area contributed by atoms with E-state index in [4.69, 9.17) is 37.0 Å². The fourth-order valence-corrected chi connectivity index (χ4v) is 2.09. The minimum Gasteiger partial charge on any atom is -0.496 e. The molecule has 0 amide bonds. The maximum Gasteiger partial charge on any atom is 0.139 e. The zero-order valence-corrected chi connectivity index (χ0v) is 12.4. The number of hydrogen-bond acceptors (Lipinski definition) is 4. The number of benzene rings is 2. The van der Waals surface area contributed by atoms with Crippen LogP contribution in [-0.2, 0) is 0 Å². The van der Waals surface area contributed by atoms with E-state index in [0.717, 1.165) is 0 Å². The summed E-state index contributed by atoms with van der Waals surface area (Å²) >= 11 is 6.06. The van der Waals surface area contributed by atoms with Crippen molar-refractivity contribution in [3.05, 3.63) is 47.0 Å². The van der Waals surface area contributed by atoms with Gasteiger partial charge < -0.3 is 19.9 Å². The smallest absolute Gasteiger partial charge is 0.139 e. The molecule has 0 saturated carbocycles. The maximum atomic E-state index is 7.60. The molecular formula is C15H15ClN2O3. The Balaban J connectivity index is 2.43. The zero-order valence-electron chi connectivity index (χ0n) is 11.6. The van der Waals surface area contributed by atoms with E-state index in [1.165, 1.54) is 0 Å². The van der Waals surface area contributed by atoms with Crippen molar-refractivity contribution in [3.8, 4) is 23.0 Å². The monoisotopic (exact) mass is 306 g/mol. The fourth-order valence-electron chi connectivity index (χ4n) is 1.82. The molecule has 0 unspecified atom stereocenters. The highest BCUT2D eigenvalue weighted by Gasteiger charge is 2.13. The predicted molar refractivity (Wildman–Crippen MR) is 82.1 cm³/mol. The molecule has 0 bridgehead atoms. The van der Waals surface area contributed by atoms with Gasteiger partial charge in [-0.2, -0.15) is 0 Å². The number of nitrogens with one attached hydrogen (secondary N) is 1. The Bertz CT molecular complexity index is 652. The van der Waals surface area contributed by atoms with Crippen LogP contribution in [0, 0.1) is 5.41 Å². The number of halogens is 1. The van der Waals surface area contributed by atoms with Crippen LogP contribution in [0.25, 0.3) is 0 Å². The van der Waals surface area contributed by atoms with E-state index in [9.17, 15) is 0 Å². The van der Waals surface area contributed by atoms with Crippen LogP contribution < -0.4 is 19.9 Å². The van der Waals surface area contributed by atoms with E-state index in [1.54, 1.807) is 50.6 Å². The molecule has 3 N–H and O–H groups in total. The summed E-state index contributed by atoms with van der Waals surface area (Å²) in [4.78, 5) is 0. The predicted octanol–water partition coefficient (Wildman–Crippen LogP) is 3.43. The lowest BCUT2D eigenvalue weighted by molar-refractivity contribution is 0.386. The van der Waals surface area contributed by atoms with Crippen LogP contribution in [-0.4, -0.2) is 20.1 Å². The molecular weight excluding hydrogens is 292 g/mol. The van der Waals surface area contributed by atoms with Gasteiger partial charge in [-0.15, -0.1) is 0 Å². The summed E-state index contributed by atoms with van der Waals surface area (Å²) in [5.41, 5.74) is 5.90. The summed E-state index contributed by atoms with van der Waals surface area (Å²) in [7, 11) is 3.11. The van der Waals surface area contributed by atoms with Crippen molar-refractivity contribution in [2.75, 3.05) is 14.2 Å². The van der Waals surface area contributed by atoms with Crippen LogP contribution >= 0.6 is 11.6 Å². The first-order valence-electron chi connectivity index (χ1n) is 6.09. The van der Waals surface area contributed by atoms with Crippen molar-refractivity contribution in [2.45, 2.75) is 0 Å². The Kier molecular flexibility index (Phi) is 4.55. The van der Waals surface area contributed by atoms with Gasteiger partial charge in [0.1, 0.15) is 28.8 Å². The molecule has 0 saturated heterocycles.